The maximum atomic E-state index is 10.5. The Bertz CT molecular complexity index is 110. The fourth-order valence-corrected chi connectivity index (χ4v) is 1.51. The molecular formula is C9H18OS. The average Bonchev–Trinajstić information content (AvgIpc) is 1.85. The van der Waals surface area contributed by atoms with Gasteiger partial charge in [-0.3, -0.25) is 4.79 Å². The molecule has 11 heavy (non-hydrogen) atoms. The third-order valence-electron chi connectivity index (χ3n) is 1.48. The third kappa shape index (κ3) is 10.0. The van der Waals surface area contributed by atoms with E-state index < -0.39 is 0 Å². The SMILES string of the molecule is CC(=O)SCCCCC(C)C. The molecular weight excluding hydrogens is 156 g/mol. The van der Waals surface area contributed by atoms with Gasteiger partial charge in [-0.1, -0.05) is 38.5 Å². The minimum Gasteiger partial charge on any atom is -0.288 e. The van der Waals surface area contributed by atoms with Gasteiger partial charge in [-0.05, 0) is 12.3 Å². The van der Waals surface area contributed by atoms with Gasteiger partial charge in [0.15, 0.2) is 5.12 Å². The van der Waals surface area contributed by atoms with Crippen molar-refractivity contribution in [1.29, 1.82) is 0 Å². The Morgan fingerprint density at radius 1 is 1.36 bits per heavy atom. The average molecular weight is 174 g/mol. The number of hydrogen-bond donors (Lipinski definition) is 0. The monoisotopic (exact) mass is 174 g/mol. The number of hydrogen-bond acceptors (Lipinski definition) is 2. The van der Waals surface area contributed by atoms with Crippen LogP contribution in [-0.4, -0.2) is 10.9 Å². The van der Waals surface area contributed by atoms with E-state index in [-0.39, 0.29) is 5.12 Å². The highest BCUT2D eigenvalue weighted by molar-refractivity contribution is 8.13. The molecule has 0 atom stereocenters. The Kier molecular flexibility index (Phi) is 6.73. The highest BCUT2D eigenvalue weighted by atomic mass is 32.2. The van der Waals surface area contributed by atoms with Crippen LogP contribution in [0.15, 0.2) is 0 Å². The first-order valence-electron chi connectivity index (χ1n) is 4.26. The molecule has 0 amide bonds. The van der Waals surface area contributed by atoms with Crippen molar-refractivity contribution in [3.05, 3.63) is 0 Å². The van der Waals surface area contributed by atoms with Gasteiger partial charge in [0, 0.05) is 12.7 Å². The molecule has 0 heterocycles. The molecule has 0 aromatic rings. The quantitative estimate of drug-likeness (QED) is 0.596. The van der Waals surface area contributed by atoms with E-state index in [0.717, 1.165) is 11.7 Å². The van der Waals surface area contributed by atoms with Crippen molar-refractivity contribution in [3.63, 3.8) is 0 Å². The summed E-state index contributed by atoms with van der Waals surface area (Å²) in [6.07, 6.45) is 3.73. The van der Waals surface area contributed by atoms with Gasteiger partial charge in [-0.25, -0.2) is 0 Å². The molecule has 2 heteroatoms. The van der Waals surface area contributed by atoms with Crippen molar-refractivity contribution in [3.8, 4) is 0 Å². The zero-order valence-corrected chi connectivity index (χ0v) is 8.54. The zero-order chi connectivity index (χ0) is 8.69. The Morgan fingerprint density at radius 2 is 2.00 bits per heavy atom. The van der Waals surface area contributed by atoms with Crippen molar-refractivity contribution in [2.45, 2.75) is 40.0 Å². The summed E-state index contributed by atoms with van der Waals surface area (Å²) in [7, 11) is 0. The maximum Gasteiger partial charge on any atom is 0.185 e. The zero-order valence-electron chi connectivity index (χ0n) is 7.72. The van der Waals surface area contributed by atoms with E-state index in [0.29, 0.717) is 0 Å². The largest absolute Gasteiger partial charge is 0.288 e. The summed E-state index contributed by atoms with van der Waals surface area (Å²) in [6, 6.07) is 0. The molecule has 66 valence electrons. The number of carbonyl (C=O) groups excluding carboxylic acids is 1. The molecule has 0 aliphatic rings. The summed E-state index contributed by atoms with van der Waals surface area (Å²) in [5.74, 6) is 1.81. The highest BCUT2D eigenvalue weighted by Gasteiger charge is 1.96. The van der Waals surface area contributed by atoms with Gasteiger partial charge < -0.3 is 0 Å². The molecule has 0 aliphatic heterocycles. The first-order chi connectivity index (χ1) is 5.13. The molecule has 0 saturated carbocycles. The van der Waals surface area contributed by atoms with E-state index in [1.54, 1.807) is 6.92 Å². The Hall–Kier alpha value is 0.0200. The second kappa shape index (κ2) is 6.71. The predicted molar refractivity (Wildman–Crippen MR) is 51.8 cm³/mol. The standard InChI is InChI=1S/C9H18OS/c1-8(2)6-4-5-7-11-9(3)10/h8H,4-7H2,1-3H3. The molecule has 0 aromatic carbocycles. The van der Waals surface area contributed by atoms with Crippen LogP contribution in [0.1, 0.15) is 40.0 Å². The molecule has 0 aromatic heterocycles. The Morgan fingerprint density at radius 3 is 2.45 bits per heavy atom. The van der Waals surface area contributed by atoms with E-state index in [2.05, 4.69) is 13.8 Å². The molecule has 0 aliphatic carbocycles. The molecule has 0 unspecified atom stereocenters. The lowest BCUT2D eigenvalue weighted by atomic mass is 10.1. The smallest absolute Gasteiger partial charge is 0.185 e. The fourth-order valence-electron chi connectivity index (χ4n) is 0.871. The van der Waals surface area contributed by atoms with Gasteiger partial charge >= 0.3 is 0 Å². The molecule has 0 fully saturated rings. The number of carbonyl (C=O) groups is 1. The topological polar surface area (TPSA) is 17.1 Å². The van der Waals surface area contributed by atoms with Crippen LogP contribution in [0.4, 0.5) is 0 Å². The van der Waals surface area contributed by atoms with Crippen molar-refractivity contribution in [2.24, 2.45) is 5.92 Å². The Labute approximate surface area is 73.9 Å². The van der Waals surface area contributed by atoms with Crippen LogP contribution in [0.25, 0.3) is 0 Å². The minimum atomic E-state index is 0.245. The number of thioether (sulfide) groups is 1. The highest BCUT2D eigenvalue weighted by Crippen LogP contribution is 2.10. The van der Waals surface area contributed by atoms with Crippen molar-refractivity contribution >= 4 is 16.9 Å². The lowest BCUT2D eigenvalue weighted by molar-refractivity contribution is -0.109. The molecule has 0 rings (SSSR count). The van der Waals surface area contributed by atoms with Crippen LogP contribution in [0.5, 0.6) is 0 Å². The lowest BCUT2D eigenvalue weighted by Crippen LogP contribution is -1.90. The summed E-state index contributed by atoms with van der Waals surface area (Å²) in [4.78, 5) is 10.5. The fraction of sp³-hybridized carbons (Fsp3) is 0.889. The first kappa shape index (κ1) is 11.0. The van der Waals surface area contributed by atoms with E-state index in [4.69, 9.17) is 0 Å². The van der Waals surface area contributed by atoms with E-state index in [9.17, 15) is 4.79 Å². The first-order valence-corrected chi connectivity index (χ1v) is 5.25. The van der Waals surface area contributed by atoms with Crippen molar-refractivity contribution in [1.82, 2.24) is 0 Å². The van der Waals surface area contributed by atoms with Crippen LogP contribution in [0.3, 0.4) is 0 Å². The Balaban J connectivity index is 2.97. The van der Waals surface area contributed by atoms with Gasteiger partial charge in [0.25, 0.3) is 0 Å². The van der Waals surface area contributed by atoms with Crippen LogP contribution < -0.4 is 0 Å². The van der Waals surface area contributed by atoms with Gasteiger partial charge in [-0.15, -0.1) is 0 Å². The summed E-state index contributed by atoms with van der Waals surface area (Å²) in [6.45, 7) is 6.10. The lowest BCUT2D eigenvalue weighted by Gasteiger charge is -2.02. The van der Waals surface area contributed by atoms with Crippen LogP contribution in [-0.2, 0) is 4.79 Å². The number of rotatable bonds is 5. The summed E-state index contributed by atoms with van der Waals surface area (Å²) in [5, 5.41) is 0.245. The normalized spacial score (nSPS) is 10.5. The molecule has 0 bridgehead atoms. The van der Waals surface area contributed by atoms with Gasteiger partial charge in [0.1, 0.15) is 0 Å². The van der Waals surface area contributed by atoms with Crippen molar-refractivity contribution < 1.29 is 4.79 Å². The van der Waals surface area contributed by atoms with E-state index in [1.165, 1.54) is 31.0 Å². The van der Waals surface area contributed by atoms with Crippen LogP contribution >= 0.6 is 11.8 Å². The maximum absolute atomic E-state index is 10.5. The predicted octanol–water partition coefficient (Wildman–Crippen LogP) is 3.09. The van der Waals surface area contributed by atoms with Crippen LogP contribution in [0.2, 0.25) is 0 Å². The molecule has 1 nitrogen and oxygen atoms in total. The van der Waals surface area contributed by atoms with Gasteiger partial charge in [0.05, 0.1) is 0 Å². The van der Waals surface area contributed by atoms with E-state index in [1.807, 2.05) is 0 Å². The van der Waals surface area contributed by atoms with E-state index >= 15 is 0 Å². The number of unbranched alkanes of at least 4 members (excludes halogenated alkanes) is 1. The second-order valence-electron chi connectivity index (χ2n) is 3.23. The van der Waals surface area contributed by atoms with Crippen LogP contribution in [0, 0.1) is 5.92 Å². The molecule has 0 N–H and O–H groups in total. The molecule has 0 spiro atoms. The molecule has 0 radical (unpaired) electrons. The van der Waals surface area contributed by atoms with Gasteiger partial charge in [-0.2, -0.15) is 0 Å². The summed E-state index contributed by atoms with van der Waals surface area (Å²) in [5.41, 5.74) is 0. The van der Waals surface area contributed by atoms with Gasteiger partial charge in [0.2, 0.25) is 0 Å². The molecule has 0 saturated heterocycles. The second-order valence-corrected chi connectivity index (χ2v) is 4.50. The summed E-state index contributed by atoms with van der Waals surface area (Å²) < 4.78 is 0. The third-order valence-corrected chi connectivity index (χ3v) is 2.38. The minimum absolute atomic E-state index is 0.245. The summed E-state index contributed by atoms with van der Waals surface area (Å²) >= 11 is 1.44. The van der Waals surface area contributed by atoms with Crippen molar-refractivity contribution in [2.75, 3.05) is 5.75 Å².